The highest BCUT2D eigenvalue weighted by Crippen LogP contribution is 2.25. The van der Waals surface area contributed by atoms with Gasteiger partial charge < -0.3 is 9.80 Å². The van der Waals surface area contributed by atoms with Crippen molar-refractivity contribution in [3.8, 4) is 0 Å². The summed E-state index contributed by atoms with van der Waals surface area (Å²) in [5.41, 5.74) is 0.527. The van der Waals surface area contributed by atoms with Gasteiger partial charge in [-0.2, -0.15) is 5.10 Å². The molecule has 0 saturated carbocycles. The lowest BCUT2D eigenvalue weighted by molar-refractivity contribution is -0.142. The Morgan fingerprint density at radius 2 is 1.84 bits per heavy atom. The summed E-state index contributed by atoms with van der Waals surface area (Å²) in [5, 5.41) is 4.18. The molecule has 2 fully saturated rings. The highest BCUT2D eigenvalue weighted by atomic mass is 16.2. The summed E-state index contributed by atoms with van der Waals surface area (Å²) in [6.07, 6.45) is 5.52. The molecule has 3 heterocycles. The number of hydrogen-bond acceptors (Lipinski definition) is 4. The van der Waals surface area contributed by atoms with E-state index < -0.39 is 0 Å². The van der Waals surface area contributed by atoms with Gasteiger partial charge in [-0.15, -0.1) is 0 Å². The number of nitrogens with zero attached hydrogens (tertiary/aromatic N) is 5. The molecule has 0 aliphatic carbocycles. The minimum absolute atomic E-state index is 0.0826. The maximum absolute atomic E-state index is 13.0. The van der Waals surface area contributed by atoms with Gasteiger partial charge in [0.2, 0.25) is 11.8 Å². The number of aromatic nitrogens is 2. The molecule has 0 radical (unpaired) electrons. The number of anilines is 1. The third-order valence-electron chi connectivity index (χ3n) is 5.10. The van der Waals surface area contributed by atoms with Crippen LogP contribution >= 0.6 is 0 Å². The molecule has 1 aromatic rings. The first-order valence-corrected chi connectivity index (χ1v) is 9.11. The smallest absolute Gasteiger partial charge is 0.244 e. The number of piperazine rings is 1. The lowest BCUT2D eigenvalue weighted by atomic mass is 9.94. The van der Waals surface area contributed by atoms with Crippen LogP contribution in [0.1, 0.15) is 33.6 Å². The Labute approximate surface area is 149 Å². The molecule has 2 amide bonds. The van der Waals surface area contributed by atoms with Crippen LogP contribution in [0, 0.1) is 5.41 Å². The Balaban J connectivity index is 1.63. The fourth-order valence-corrected chi connectivity index (χ4v) is 3.71. The molecule has 0 unspecified atom stereocenters. The summed E-state index contributed by atoms with van der Waals surface area (Å²) in [4.78, 5) is 31.4. The lowest BCUT2D eigenvalue weighted by Gasteiger charge is -2.43. The number of rotatable bonds is 2. The van der Waals surface area contributed by atoms with Crippen LogP contribution in [0.5, 0.6) is 0 Å². The molecule has 0 aromatic carbocycles. The minimum atomic E-state index is -0.347. The van der Waals surface area contributed by atoms with E-state index >= 15 is 0 Å². The maximum Gasteiger partial charge on any atom is 0.244 e. The number of aryl methyl sites for hydroxylation is 1. The van der Waals surface area contributed by atoms with Gasteiger partial charge in [-0.3, -0.25) is 19.2 Å². The lowest BCUT2D eigenvalue weighted by Crippen LogP contribution is -2.59. The van der Waals surface area contributed by atoms with Gasteiger partial charge in [-0.1, -0.05) is 20.8 Å². The van der Waals surface area contributed by atoms with Crippen LogP contribution in [-0.4, -0.2) is 70.2 Å². The van der Waals surface area contributed by atoms with E-state index in [1.54, 1.807) is 10.9 Å². The molecule has 138 valence electrons. The highest BCUT2D eigenvalue weighted by Gasteiger charge is 2.37. The van der Waals surface area contributed by atoms with E-state index in [1.165, 1.54) is 0 Å². The third kappa shape index (κ3) is 3.71. The molecule has 3 rings (SSSR count). The minimum Gasteiger partial charge on any atom is -0.340 e. The first kappa shape index (κ1) is 17.9. The van der Waals surface area contributed by atoms with Crippen molar-refractivity contribution in [2.45, 2.75) is 39.7 Å². The predicted octanol–water partition coefficient (Wildman–Crippen LogP) is 1.11. The van der Waals surface area contributed by atoms with Gasteiger partial charge in [0.15, 0.2) is 0 Å². The predicted molar refractivity (Wildman–Crippen MR) is 96.2 cm³/mol. The number of amides is 2. The van der Waals surface area contributed by atoms with Gasteiger partial charge in [0.05, 0.1) is 17.9 Å². The van der Waals surface area contributed by atoms with Crippen LogP contribution in [0.25, 0.3) is 0 Å². The molecule has 0 N–H and O–H groups in total. The van der Waals surface area contributed by atoms with E-state index in [-0.39, 0.29) is 23.3 Å². The van der Waals surface area contributed by atoms with Crippen LogP contribution in [0.2, 0.25) is 0 Å². The van der Waals surface area contributed by atoms with Crippen molar-refractivity contribution in [1.29, 1.82) is 0 Å². The second-order valence-corrected chi connectivity index (χ2v) is 8.10. The summed E-state index contributed by atoms with van der Waals surface area (Å²) in [5.74, 6) is 0.356. The van der Waals surface area contributed by atoms with Crippen LogP contribution in [0.3, 0.4) is 0 Å². The van der Waals surface area contributed by atoms with Crippen LogP contribution in [0.4, 0.5) is 5.69 Å². The first-order chi connectivity index (χ1) is 11.8. The Kier molecular flexibility index (Phi) is 4.86. The number of piperidine rings is 1. The molecule has 7 heteroatoms. The average molecular weight is 347 g/mol. The molecule has 0 spiro atoms. The maximum atomic E-state index is 13.0. The molecule has 1 atom stereocenters. The Morgan fingerprint density at radius 1 is 1.16 bits per heavy atom. The average Bonchev–Trinajstić information content (AvgIpc) is 3.00. The van der Waals surface area contributed by atoms with E-state index in [1.807, 2.05) is 43.8 Å². The largest absolute Gasteiger partial charge is 0.340 e. The van der Waals surface area contributed by atoms with Crippen molar-refractivity contribution in [2.24, 2.45) is 12.5 Å². The SMILES string of the molecule is Cn1cc(N2CCC[C@@H](N3CCN(C(=O)C(C)(C)C)CC3)C2=O)cn1. The highest BCUT2D eigenvalue weighted by molar-refractivity contribution is 5.97. The van der Waals surface area contributed by atoms with E-state index in [2.05, 4.69) is 10.00 Å². The molecular weight excluding hydrogens is 318 g/mol. The molecule has 2 saturated heterocycles. The fourth-order valence-electron chi connectivity index (χ4n) is 3.71. The zero-order valence-corrected chi connectivity index (χ0v) is 15.7. The molecule has 0 bridgehead atoms. The normalized spacial score (nSPS) is 23.2. The summed E-state index contributed by atoms with van der Waals surface area (Å²) < 4.78 is 1.73. The van der Waals surface area contributed by atoms with Crippen molar-refractivity contribution < 1.29 is 9.59 Å². The van der Waals surface area contributed by atoms with Gasteiger partial charge in [0, 0.05) is 51.4 Å². The van der Waals surface area contributed by atoms with Gasteiger partial charge in [-0.05, 0) is 12.8 Å². The van der Waals surface area contributed by atoms with Crippen LogP contribution in [-0.2, 0) is 16.6 Å². The van der Waals surface area contributed by atoms with Crippen molar-refractivity contribution in [2.75, 3.05) is 37.6 Å². The third-order valence-corrected chi connectivity index (χ3v) is 5.10. The van der Waals surface area contributed by atoms with Crippen molar-refractivity contribution in [3.05, 3.63) is 12.4 Å². The van der Waals surface area contributed by atoms with E-state index in [4.69, 9.17) is 0 Å². The molecule has 1 aromatic heterocycles. The Bertz CT molecular complexity index is 640. The number of carbonyl (C=O) groups excluding carboxylic acids is 2. The topological polar surface area (TPSA) is 61.7 Å². The van der Waals surface area contributed by atoms with Crippen LogP contribution in [0.15, 0.2) is 12.4 Å². The second-order valence-electron chi connectivity index (χ2n) is 8.10. The molecule has 2 aliphatic rings. The van der Waals surface area contributed by atoms with Gasteiger partial charge >= 0.3 is 0 Å². The Morgan fingerprint density at radius 3 is 2.40 bits per heavy atom. The number of carbonyl (C=O) groups is 2. The van der Waals surface area contributed by atoms with E-state index in [0.29, 0.717) is 13.1 Å². The van der Waals surface area contributed by atoms with E-state index in [9.17, 15) is 9.59 Å². The first-order valence-electron chi connectivity index (χ1n) is 9.11. The fraction of sp³-hybridized carbons (Fsp3) is 0.722. The second kappa shape index (κ2) is 6.78. The van der Waals surface area contributed by atoms with Gasteiger partial charge in [-0.25, -0.2) is 0 Å². The summed E-state index contributed by atoms with van der Waals surface area (Å²) in [7, 11) is 1.86. The van der Waals surface area contributed by atoms with Crippen molar-refractivity contribution in [3.63, 3.8) is 0 Å². The van der Waals surface area contributed by atoms with Crippen molar-refractivity contribution in [1.82, 2.24) is 19.6 Å². The van der Waals surface area contributed by atoms with Crippen LogP contribution < -0.4 is 4.90 Å². The molecule has 25 heavy (non-hydrogen) atoms. The summed E-state index contributed by atoms with van der Waals surface area (Å²) in [6.45, 7) is 9.55. The van der Waals surface area contributed by atoms with E-state index in [0.717, 1.165) is 38.2 Å². The zero-order chi connectivity index (χ0) is 18.2. The zero-order valence-electron chi connectivity index (χ0n) is 15.7. The summed E-state index contributed by atoms with van der Waals surface area (Å²) in [6, 6.07) is -0.0826. The molecule has 7 nitrogen and oxygen atoms in total. The molecule has 2 aliphatic heterocycles. The Hall–Kier alpha value is -1.89. The number of hydrogen-bond donors (Lipinski definition) is 0. The summed E-state index contributed by atoms with van der Waals surface area (Å²) >= 11 is 0. The quantitative estimate of drug-likeness (QED) is 0.804. The molecular formula is C18H29N5O2. The van der Waals surface area contributed by atoms with Gasteiger partial charge in [0.25, 0.3) is 0 Å². The van der Waals surface area contributed by atoms with Gasteiger partial charge in [0.1, 0.15) is 0 Å². The monoisotopic (exact) mass is 347 g/mol. The standard InChI is InChI=1S/C18H29N5O2/c1-18(2,3)17(25)22-10-8-21(9-11-22)15-6-5-7-23(16(15)24)14-12-19-20(4)13-14/h12-13,15H,5-11H2,1-4H3/t15-/m1/s1. The van der Waals surface area contributed by atoms with Crippen molar-refractivity contribution >= 4 is 17.5 Å².